The highest BCUT2D eigenvalue weighted by Gasteiger charge is 1.96. The van der Waals surface area contributed by atoms with E-state index in [0.717, 1.165) is 20.0 Å². The SMILES string of the molecule is C1=CC=CNC=C1.CCCCOC(=O)OC.COC(=O)O. The summed E-state index contributed by atoms with van der Waals surface area (Å²) in [5.74, 6) is 0. The van der Waals surface area contributed by atoms with Gasteiger partial charge < -0.3 is 24.6 Å². The van der Waals surface area contributed by atoms with Gasteiger partial charge in [-0.3, -0.25) is 0 Å². The average Bonchev–Trinajstić information content (AvgIpc) is 2.81. The number of unbranched alkanes of at least 4 members (excludes halogenated alkanes) is 1. The number of rotatable bonds is 3. The average molecular weight is 301 g/mol. The van der Waals surface area contributed by atoms with E-state index in [9.17, 15) is 4.79 Å². The summed E-state index contributed by atoms with van der Waals surface area (Å²) in [6, 6.07) is 0. The van der Waals surface area contributed by atoms with Crippen molar-refractivity contribution in [3.63, 3.8) is 0 Å². The number of carbonyl (C=O) groups excluding carboxylic acids is 1. The third-order valence-electron chi connectivity index (χ3n) is 1.78. The Morgan fingerprint density at radius 3 is 1.95 bits per heavy atom. The molecule has 1 heterocycles. The quantitative estimate of drug-likeness (QED) is 0.611. The molecule has 7 nitrogen and oxygen atoms in total. The second-order valence-corrected chi connectivity index (χ2v) is 3.40. The molecule has 2 N–H and O–H groups in total. The maximum Gasteiger partial charge on any atom is 0.507 e. The van der Waals surface area contributed by atoms with E-state index in [4.69, 9.17) is 9.90 Å². The van der Waals surface area contributed by atoms with E-state index in [2.05, 4.69) is 19.5 Å². The lowest BCUT2D eigenvalue weighted by Gasteiger charge is -1.99. The van der Waals surface area contributed by atoms with Crippen molar-refractivity contribution in [3.8, 4) is 0 Å². The highest BCUT2D eigenvalue weighted by molar-refractivity contribution is 5.59. The normalized spacial score (nSPS) is 10.6. The molecule has 1 aliphatic heterocycles. The van der Waals surface area contributed by atoms with E-state index in [-0.39, 0.29) is 0 Å². The lowest BCUT2D eigenvalue weighted by Crippen LogP contribution is -2.04. The minimum Gasteiger partial charge on any atom is -0.450 e. The van der Waals surface area contributed by atoms with Gasteiger partial charge in [0, 0.05) is 12.4 Å². The first-order chi connectivity index (χ1) is 10.1. The van der Waals surface area contributed by atoms with E-state index >= 15 is 0 Å². The molecular formula is C14H23NO6. The number of carboxylic acid groups (broad SMARTS) is 1. The summed E-state index contributed by atoms with van der Waals surface area (Å²) in [5.41, 5.74) is 0. The second-order valence-electron chi connectivity index (χ2n) is 3.40. The first-order valence-corrected chi connectivity index (χ1v) is 6.30. The first kappa shape index (κ1) is 20.9. The standard InChI is InChI=1S/C6H7N.C6H12O3.C2H4O3/c1-2-4-6-7-5-3-1;1-3-4-5-9-6(7)8-2;1-5-2(3)4/h1-7H;3-5H2,1-2H3;1H3,(H,3,4). The van der Waals surface area contributed by atoms with Gasteiger partial charge in [0.1, 0.15) is 0 Å². The lowest BCUT2D eigenvalue weighted by molar-refractivity contribution is 0.0717. The van der Waals surface area contributed by atoms with E-state index < -0.39 is 12.3 Å². The van der Waals surface area contributed by atoms with Crippen molar-refractivity contribution in [2.24, 2.45) is 0 Å². The first-order valence-electron chi connectivity index (χ1n) is 6.30. The number of carbonyl (C=O) groups is 2. The number of nitrogens with one attached hydrogen (secondary N) is 1. The van der Waals surface area contributed by atoms with Crippen LogP contribution < -0.4 is 5.32 Å². The molecule has 0 aromatic carbocycles. The molecule has 0 unspecified atom stereocenters. The molecule has 0 spiro atoms. The molecule has 0 aromatic rings. The summed E-state index contributed by atoms with van der Waals surface area (Å²) >= 11 is 0. The Morgan fingerprint density at radius 2 is 1.57 bits per heavy atom. The summed E-state index contributed by atoms with van der Waals surface area (Å²) in [4.78, 5) is 19.4. The molecule has 0 atom stereocenters. The van der Waals surface area contributed by atoms with Crippen LogP contribution in [0, 0.1) is 0 Å². The minimum atomic E-state index is -1.25. The molecule has 0 amide bonds. The van der Waals surface area contributed by atoms with Gasteiger partial charge in [0.15, 0.2) is 0 Å². The summed E-state index contributed by atoms with van der Waals surface area (Å²) < 4.78 is 12.5. The van der Waals surface area contributed by atoms with Gasteiger partial charge in [-0.05, 0) is 18.6 Å². The molecule has 0 aromatic heterocycles. The zero-order valence-corrected chi connectivity index (χ0v) is 12.6. The van der Waals surface area contributed by atoms with Crippen molar-refractivity contribution in [2.45, 2.75) is 19.8 Å². The highest BCUT2D eigenvalue weighted by Crippen LogP contribution is 1.89. The molecule has 0 fully saturated rings. The Hall–Kier alpha value is -2.44. The van der Waals surface area contributed by atoms with Crippen LogP contribution in [0.5, 0.6) is 0 Å². The van der Waals surface area contributed by atoms with Crippen LogP contribution in [-0.4, -0.2) is 38.2 Å². The van der Waals surface area contributed by atoms with Crippen LogP contribution >= 0.6 is 0 Å². The van der Waals surface area contributed by atoms with Crippen molar-refractivity contribution >= 4 is 12.3 Å². The number of hydrogen-bond donors (Lipinski definition) is 2. The topological polar surface area (TPSA) is 94.1 Å². The van der Waals surface area contributed by atoms with E-state index in [1.54, 1.807) is 0 Å². The molecular weight excluding hydrogens is 278 g/mol. The Balaban J connectivity index is 0. The Morgan fingerprint density at radius 1 is 1.05 bits per heavy atom. The highest BCUT2D eigenvalue weighted by atomic mass is 16.7. The van der Waals surface area contributed by atoms with Gasteiger partial charge >= 0.3 is 12.3 Å². The van der Waals surface area contributed by atoms with Gasteiger partial charge in [-0.15, -0.1) is 0 Å². The molecule has 0 aliphatic carbocycles. The fraction of sp³-hybridized carbons (Fsp3) is 0.429. The molecule has 0 bridgehead atoms. The Labute approximate surface area is 124 Å². The zero-order valence-electron chi connectivity index (χ0n) is 12.6. The fourth-order valence-corrected chi connectivity index (χ4v) is 0.765. The smallest absolute Gasteiger partial charge is 0.450 e. The minimum absolute atomic E-state index is 0.461. The molecule has 120 valence electrons. The lowest BCUT2D eigenvalue weighted by atomic mass is 10.4. The summed E-state index contributed by atoms with van der Waals surface area (Å²) in [5, 5.41) is 10.4. The predicted molar refractivity (Wildman–Crippen MR) is 78.9 cm³/mol. The zero-order chi connectivity index (χ0) is 16.3. The van der Waals surface area contributed by atoms with Gasteiger partial charge in [-0.1, -0.05) is 25.5 Å². The number of allylic oxidation sites excluding steroid dienone is 4. The summed E-state index contributed by atoms with van der Waals surface area (Å²) in [7, 11) is 2.40. The predicted octanol–water partition coefficient (Wildman–Crippen LogP) is 3.05. The number of hydrogen-bond acceptors (Lipinski definition) is 6. The van der Waals surface area contributed by atoms with Gasteiger partial charge in [0.2, 0.25) is 0 Å². The maximum atomic E-state index is 10.2. The number of ether oxygens (including phenoxy) is 3. The molecule has 7 heteroatoms. The van der Waals surface area contributed by atoms with Crippen molar-refractivity contribution in [3.05, 3.63) is 36.7 Å². The van der Waals surface area contributed by atoms with Crippen LogP contribution in [0.25, 0.3) is 0 Å². The Bertz CT molecular complexity index is 335. The van der Waals surface area contributed by atoms with Crippen molar-refractivity contribution in [1.82, 2.24) is 5.32 Å². The van der Waals surface area contributed by atoms with E-state index in [0.29, 0.717) is 6.61 Å². The van der Waals surface area contributed by atoms with Crippen LogP contribution in [0.3, 0.4) is 0 Å². The molecule has 21 heavy (non-hydrogen) atoms. The van der Waals surface area contributed by atoms with Gasteiger partial charge in [-0.2, -0.15) is 0 Å². The fourth-order valence-electron chi connectivity index (χ4n) is 0.765. The van der Waals surface area contributed by atoms with Crippen LogP contribution in [0.15, 0.2) is 36.7 Å². The monoisotopic (exact) mass is 301 g/mol. The van der Waals surface area contributed by atoms with Crippen LogP contribution in [0.4, 0.5) is 9.59 Å². The Kier molecular flexibility index (Phi) is 17.5. The van der Waals surface area contributed by atoms with Crippen molar-refractivity contribution in [2.75, 3.05) is 20.8 Å². The third-order valence-corrected chi connectivity index (χ3v) is 1.78. The van der Waals surface area contributed by atoms with Crippen molar-refractivity contribution < 1.29 is 28.9 Å². The van der Waals surface area contributed by atoms with Crippen LogP contribution in [0.2, 0.25) is 0 Å². The molecule has 0 saturated carbocycles. The largest absolute Gasteiger partial charge is 0.507 e. The summed E-state index contributed by atoms with van der Waals surface area (Å²) in [6.45, 7) is 2.49. The molecule has 1 aliphatic rings. The van der Waals surface area contributed by atoms with Crippen molar-refractivity contribution in [1.29, 1.82) is 0 Å². The summed E-state index contributed by atoms with van der Waals surface area (Å²) in [6.07, 6.45) is 11.7. The van der Waals surface area contributed by atoms with Gasteiger partial charge in [-0.25, -0.2) is 9.59 Å². The second kappa shape index (κ2) is 17.6. The van der Waals surface area contributed by atoms with Crippen LogP contribution in [-0.2, 0) is 14.2 Å². The number of methoxy groups -OCH3 is 2. The van der Waals surface area contributed by atoms with E-state index in [1.165, 1.54) is 7.11 Å². The van der Waals surface area contributed by atoms with Crippen LogP contribution in [0.1, 0.15) is 19.8 Å². The third kappa shape index (κ3) is 23.1. The van der Waals surface area contributed by atoms with Gasteiger partial charge in [0.05, 0.1) is 20.8 Å². The molecule has 1 rings (SSSR count). The maximum absolute atomic E-state index is 10.2. The molecule has 0 saturated heterocycles. The van der Waals surface area contributed by atoms with Gasteiger partial charge in [0.25, 0.3) is 0 Å². The van der Waals surface area contributed by atoms with E-state index in [1.807, 2.05) is 43.6 Å². The molecule has 0 radical (unpaired) electrons.